The number of carbonyl (C=O) groups is 2. The SMILES string of the molecule is O=C(COC(=O)c1cccc(S(=O)(=O)N2CCCC2)c1)NC1CCCc2ccccc21. The molecule has 2 aromatic carbocycles. The standard InChI is InChI=1S/C23H26N2O5S/c26-22(24-21-12-6-8-17-7-1-2-11-20(17)21)16-30-23(27)18-9-5-10-19(15-18)31(28,29)25-13-3-4-14-25/h1-2,5,7,9-11,15,21H,3-4,6,8,12-14,16H2,(H,24,26). The highest BCUT2D eigenvalue weighted by atomic mass is 32.2. The van der Waals surface area contributed by atoms with E-state index in [2.05, 4.69) is 11.4 Å². The maximum Gasteiger partial charge on any atom is 0.338 e. The van der Waals surface area contributed by atoms with Crippen LogP contribution in [0, 0.1) is 0 Å². The second-order valence-corrected chi connectivity index (χ2v) is 9.86. The van der Waals surface area contributed by atoms with Crippen molar-refractivity contribution < 1.29 is 22.7 Å². The van der Waals surface area contributed by atoms with Gasteiger partial charge >= 0.3 is 5.97 Å². The van der Waals surface area contributed by atoms with Crippen LogP contribution in [0.25, 0.3) is 0 Å². The Morgan fingerprint density at radius 2 is 1.81 bits per heavy atom. The van der Waals surface area contributed by atoms with Gasteiger partial charge in [-0.05, 0) is 61.4 Å². The molecule has 8 heteroatoms. The molecule has 0 aromatic heterocycles. The number of fused-ring (bicyclic) bond motifs is 1. The van der Waals surface area contributed by atoms with Gasteiger partial charge in [0.1, 0.15) is 0 Å². The fraction of sp³-hybridized carbons (Fsp3) is 0.391. The van der Waals surface area contributed by atoms with Gasteiger partial charge in [-0.25, -0.2) is 13.2 Å². The maximum absolute atomic E-state index is 12.7. The molecule has 4 rings (SSSR count). The van der Waals surface area contributed by atoms with Crippen LogP contribution in [0.4, 0.5) is 0 Å². The van der Waals surface area contributed by atoms with Crippen LogP contribution in [0.3, 0.4) is 0 Å². The normalized spacial score (nSPS) is 18.9. The fourth-order valence-corrected chi connectivity index (χ4v) is 5.78. The molecule has 1 aliphatic carbocycles. The van der Waals surface area contributed by atoms with Crippen LogP contribution < -0.4 is 5.32 Å². The molecule has 1 amide bonds. The van der Waals surface area contributed by atoms with Crippen molar-refractivity contribution in [1.29, 1.82) is 0 Å². The highest BCUT2D eigenvalue weighted by Gasteiger charge is 2.28. The largest absolute Gasteiger partial charge is 0.452 e. The number of ether oxygens (including phenoxy) is 1. The van der Waals surface area contributed by atoms with Crippen LogP contribution in [0.15, 0.2) is 53.4 Å². The highest BCUT2D eigenvalue weighted by molar-refractivity contribution is 7.89. The van der Waals surface area contributed by atoms with Crippen molar-refractivity contribution in [2.45, 2.75) is 43.0 Å². The Hall–Kier alpha value is -2.71. The van der Waals surface area contributed by atoms with Crippen LogP contribution in [-0.4, -0.2) is 44.3 Å². The van der Waals surface area contributed by atoms with E-state index >= 15 is 0 Å². The first-order valence-corrected chi connectivity index (χ1v) is 12.0. The molecule has 0 spiro atoms. The van der Waals surface area contributed by atoms with E-state index in [9.17, 15) is 18.0 Å². The Morgan fingerprint density at radius 1 is 1.03 bits per heavy atom. The zero-order valence-corrected chi connectivity index (χ0v) is 18.1. The molecule has 1 heterocycles. The maximum atomic E-state index is 12.7. The summed E-state index contributed by atoms with van der Waals surface area (Å²) >= 11 is 0. The Kier molecular flexibility index (Phi) is 6.38. The second kappa shape index (κ2) is 9.20. The average molecular weight is 443 g/mol. The first kappa shape index (κ1) is 21.5. The van der Waals surface area contributed by atoms with Crippen LogP contribution in [0.5, 0.6) is 0 Å². The number of nitrogens with one attached hydrogen (secondary N) is 1. The third kappa shape index (κ3) is 4.80. The first-order chi connectivity index (χ1) is 14.9. The van der Waals surface area contributed by atoms with Gasteiger partial charge in [0.05, 0.1) is 16.5 Å². The third-order valence-electron chi connectivity index (χ3n) is 5.81. The summed E-state index contributed by atoms with van der Waals surface area (Å²) < 4.78 is 32.0. The van der Waals surface area contributed by atoms with E-state index in [0.29, 0.717) is 13.1 Å². The number of esters is 1. The van der Waals surface area contributed by atoms with Gasteiger partial charge in [0, 0.05) is 13.1 Å². The predicted octanol–water partition coefficient (Wildman–Crippen LogP) is 2.82. The summed E-state index contributed by atoms with van der Waals surface area (Å²) in [7, 11) is -3.63. The Labute approximate surface area is 182 Å². The lowest BCUT2D eigenvalue weighted by atomic mass is 9.88. The van der Waals surface area contributed by atoms with Crippen molar-refractivity contribution in [3.63, 3.8) is 0 Å². The lowest BCUT2D eigenvalue weighted by Crippen LogP contribution is -2.34. The number of hydrogen-bond donors (Lipinski definition) is 1. The summed E-state index contributed by atoms with van der Waals surface area (Å²) in [6, 6.07) is 13.7. The van der Waals surface area contributed by atoms with Crippen LogP contribution in [0.1, 0.15) is 53.2 Å². The summed E-state index contributed by atoms with van der Waals surface area (Å²) in [4.78, 5) is 24.9. The third-order valence-corrected chi connectivity index (χ3v) is 7.71. The summed E-state index contributed by atoms with van der Waals surface area (Å²) in [6.07, 6.45) is 4.49. The Bertz CT molecular complexity index is 1080. The van der Waals surface area contributed by atoms with Crippen LogP contribution in [0.2, 0.25) is 0 Å². The molecule has 0 saturated carbocycles. The zero-order chi connectivity index (χ0) is 21.8. The molecule has 1 fully saturated rings. The van der Waals surface area contributed by atoms with Gasteiger partial charge in [-0.1, -0.05) is 30.3 Å². The van der Waals surface area contributed by atoms with Crippen molar-refractivity contribution in [3.05, 3.63) is 65.2 Å². The van der Waals surface area contributed by atoms with E-state index in [1.165, 1.54) is 34.1 Å². The van der Waals surface area contributed by atoms with E-state index in [-0.39, 0.29) is 22.4 Å². The molecule has 1 aliphatic heterocycles. The van der Waals surface area contributed by atoms with E-state index in [1.807, 2.05) is 18.2 Å². The van der Waals surface area contributed by atoms with E-state index in [1.54, 1.807) is 0 Å². The molecule has 164 valence electrons. The molecular formula is C23H26N2O5S. The van der Waals surface area contributed by atoms with Gasteiger partial charge in [-0.15, -0.1) is 0 Å². The summed E-state index contributed by atoms with van der Waals surface area (Å²) in [5.41, 5.74) is 2.44. The monoisotopic (exact) mass is 442 g/mol. The summed E-state index contributed by atoms with van der Waals surface area (Å²) in [5.74, 6) is -1.10. The number of aryl methyl sites for hydroxylation is 1. The van der Waals surface area contributed by atoms with Gasteiger partial charge in [0.15, 0.2) is 6.61 Å². The number of amides is 1. The molecule has 1 atom stereocenters. The van der Waals surface area contributed by atoms with Crippen molar-refractivity contribution in [1.82, 2.24) is 9.62 Å². The molecule has 1 saturated heterocycles. The first-order valence-electron chi connectivity index (χ1n) is 10.6. The molecule has 2 aliphatic rings. The minimum atomic E-state index is -3.63. The highest BCUT2D eigenvalue weighted by Crippen LogP contribution is 2.29. The van der Waals surface area contributed by atoms with Crippen molar-refractivity contribution in [2.75, 3.05) is 19.7 Å². The molecule has 0 radical (unpaired) electrons. The Balaban J connectivity index is 1.37. The van der Waals surface area contributed by atoms with Gasteiger partial charge in [-0.3, -0.25) is 4.79 Å². The lowest BCUT2D eigenvalue weighted by molar-refractivity contribution is -0.125. The lowest BCUT2D eigenvalue weighted by Gasteiger charge is -2.26. The molecule has 7 nitrogen and oxygen atoms in total. The number of nitrogens with zero attached hydrogens (tertiary/aromatic N) is 1. The molecular weight excluding hydrogens is 416 g/mol. The number of rotatable bonds is 6. The van der Waals surface area contributed by atoms with Gasteiger partial charge in [0.2, 0.25) is 10.0 Å². The van der Waals surface area contributed by atoms with Crippen molar-refractivity contribution >= 4 is 21.9 Å². The average Bonchev–Trinajstić information content (AvgIpc) is 3.34. The number of benzene rings is 2. The predicted molar refractivity (Wildman–Crippen MR) is 115 cm³/mol. The quantitative estimate of drug-likeness (QED) is 0.695. The van der Waals surface area contributed by atoms with E-state index in [0.717, 1.165) is 37.7 Å². The minimum absolute atomic E-state index is 0.0621. The van der Waals surface area contributed by atoms with E-state index < -0.39 is 22.6 Å². The van der Waals surface area contributed by atoms with Gasteiger partial charge in [0.25, 0.3) is 5.91 Å². The number of carbonyl (C=O) groups excluding carboxylic acids is 2. The molecule has 31 heavy (non-hydrogen) atoms. The van der Waals surface area contributed by atoms with Crippen molar-refractivity contribution in [3.8, 4) is 0 Å². The van der Waals surface area contributed by atoms with Crippen LogP contribution in [-0.2, 0) is 26.0 Å². The van der Waals surface area contributed by atoms with Gasteiger partial charge in [-0.2, -0.15) is 4.31 Å². The fourth-order valence-electron chi connectivity index (χ4n) is 4.22. The topological polar surface area (TPSA) is 92.8 Å². The van der Waals surface area contributed by atoms with Crippen LogP contribution >= 0.6 is 0 Å². The van der Waals surface area contributed by atoms with Crippen molar-refractivity contribution in [2.24, 2.45) is 0 Å². The minimum Gasteiger partial charge on any atom is -0.452 e. The second-order valence-electron chi connectivity index (χ2n) is 7.93. The molecule has 1 unspecified atom stereocenters. The summed E-state index contributed by atoms with van der Waals surface area (Å²) in [6.45, 7) is 0.559. The zero-order valence-electron chi connectivity index (χ0n) is 17.2. The number of sulfonamides is 1. The summed E-state index contributed by atoms with van der Waals surface area (Å²) in [5, 5.41) is 2.94. The molecule has 2 aromatic rings. The van der Waals surface area contributed by atoms with E-state index in [4.69, 9.17) is 4.74 Å². The molecule has 1 N–H and O–H groups in total. The van der Waals surface area contributed by atoms with Gasteiger partial charge < -0.3 is 10.1 Å². The Morgan fingerprint density at radius 3 is 2.61 bits per heavy atom. The molecule has 0 bridgehead atoms. The smallest absolute Gasteiger partial charge is 0.338 e. The number of hydrogen-bond acceptors (Lipinski definition) is 5.